The molecule has 0 aliphatic carbocycles. The van der Waals surface area contributed by atoms with Gasteiger partial charge in [-0.25, -0.2) is 4.98 Å². The van der Waals surface area contributed by atoms with Crippen molar-refractivity contribution in [2.75, 3.05) is 29.7 Å². The molecule has 0 radical (unpaired) electrons. The van der Waals surface area contributed by atoms with Crippen molar-refractivity contribution < 1.29 is 9.53 Å². The minimum absolute atomic E-state index is 0.0976. The van der Waals surface area contributed by atoms with Gasteiger partial charge in [0.25, 0.3) is 0 Å². The molecule has 2 N–H and O–H groups in total. The van der Waals surface area contributed by atoms with E-state index in [-0.39, 0.29) is 12.0 Å². The number of anilines is 3. The maximum Gasteiger partial charge on any atom is 0.249 e. The molecule has 3 heterocycles. The first-order valence-corrected chi connectivity index (χ1v) is 10.7. The molecule has 170 valence electrons. The zero-order valence-corrected chi connectivity index (χ0v) is 19.2. The summed E-state index contributed by atoms with van der Waals surface area (Å²) in [5.41, 5.74) is 5.11. The number of carbonyl (C=O) groups excluding carboxylic acids is 1. The van der Waals surface area contributed by atoms with E-state index >= 15 is 0 Å². The molecule has 3 aromatic rings. The maximum absolute atomic E-state index is 12.6. The Morgan fingerprint density at radius 1 is 1.30 bits per heavy atom. The lowest BCUT2D eigenvalue weighted by atomic mass is 10.0. The van der Waals surface area contributed by atoms with Crippen LogP contribution in [0.5, 0.6) is 0 Å². The number of likely N-dealkylation sites (N-methyl/N-ethyl adjacent to an activating group) is 1. The second-order valence-electron chi connectivity index (χ2n) is 8.18. The Morgan fingerprint density at radius 2 is 2.06 bits per heavy atom. The van der Waals surface area contributed by atoms with Crippen LogP contribution >= 0.6 is 0 Å². The summed E-state index contributed by atoms with van der Waals surface area (Å²) in [7, 11) is 3.50. The smallest absolute Gasteiger partial charge is 0.249 e. The van der Waals surface area contributed by atoms with Crippen LogP contribution in [0.25, 0.3) is 0 Å². The first-order valence-electron chi connectivity index (χ1n) is 10.7. The standard InChI is InChI=1S/C24H27N7O2/c1-15-22-20(30(3)23(16(2)33-4)24(32)29-22)9-21(28-15)26-11-19-12-27-31(14-19)13-18-7-5-17(10-25)6-8-18/h5-9,12,14,16,23H,11,13H2,1-4H3,(H,26,28)(H,29,32). The largest absolute Gasteiger partial charge is 0.379 e. The van der Waals surface area contributed by atoms with Crippen molar-refractivity contribution >= 4 is 23.1 Å². The van der Waals surface area contributed by atoms with Crippen molar-refractivity contribution in [3.8, 4) is 6.07 Å². The Kier molecular flexibility index (Phi) is 6.29. The molecule has 2 atom stereocenters. The average molecular weight is 446 g/mol. The summed E-state index contributed by atoms with van der Waals surface area (Å²) in [6, 6.07) is 11.1. The number of methoxy groups -OCH3 is 1. The van der Waals surface area contributed by atoms with Gasteiger partial charge < -0.3 is 20.3 Å². The van der Waals surface area contributed by atoms with Gasteiger partial charge in [0.1, 0.15) is 11.9 Å². The molecule has 0 fully saturated rings. The number of carbonyl (C=O) groups is 1. The second-order valence-corrected chi connectivity index (χ2v) is 8.18. The SMILES string of the molecule is COC(C)C1C(=O)Nc2c(cc(NCc3cnn(Cc4ccc(C#N)cc4)c3)nc2C)N1C. The number of hydrogen-bond acceptors (Lipinski definition) is 7. The van der Waals surface area contributed by atoms with E-state index in [9.17, 15) is 4.79 Å². The molecule has 2 unspecified atom stereocenters. The summed E-state index contributed by atoms with van der Waals surface area (Å²) < 4.78 is 7.28. The number of hydrogen-bond donors (Lipinski definition) is 2. The third-order valence-corrected chi connectivity index (χ3v) is 5.90. The van der Waals surface area contributed by atoms with Crippen LogP contribution in [0.15, 0.2) is 42.7 Å². The van der Waals surface area contributed by atoms with Gasteiger partial charge in [-0.3, -0.25) is 9.48 Å². The summed E-state index contributed by atoms with van der Waals surface area (Å²) in [5.74, 6) is 0.623. The summed E-state index contributed by atoms with van der Waals surface area (Å²) >= 11 is 0. The number of nitriles is 1. The van der Waals surface area contributed by atoms with Crippen molar-refractivity contribution in [2.24, 2.45) is 0 Å². The van der Waals surface area contributed by atoms with E-state index in [0.29, 0.717) is 18.7 Å². The summed E-state index contributed by atoms with van der Waals surface area (Å²) in [5, 5.41) is 19.7. The highest BCUT2D eigenvalue weighted by molar-refractivity contribution is 6.04. The molecular formula is C24H27N7O2. The predicted molar refractivity (Wildman–Crippen MR) is 126 cm³/mol. The van der Waals surface area contributed by atoms with Crippen LogP contribution in [0.1, 0.15) is 29.3 Å². The Morgan fingerprint density at radius 3 is 2.76 bits per heavy atom. The number of aromatic nitrogens is 3. The molecule has 0 saturated carbocycles. The Balaban J connectivity index is 1.45. The molecule has 4 rings (SSSR count). The van der Waals surface area contributed by atoms with Crippen LogP contribution in [0.3, 0.4) is 0 Å². The summed E-state index contributed by atoms with van der Waals surface area (Å²) in [6.45, 7) is 4.96. The highest BCUT2D eigenvalue weighted by atomic mass is 16.5. The highest BCUT2D eigenvalue weighted by Gasteiger charge is 2.36. The van der Waals surface area contributed by atoms with Crippen LogP contribution < -0.4 is 15.5 Å². The number of pyridine rings is 1. The fourth-order valence-electron chi connectivity index (χ4n) is 4.01. The van der Waals surface area contributed by atoms with Gasteiger partial charge in [-0.15, -0.1) is 0 Å². The second kappa shape index (κ2) is 9.30. The first-order chi connectivity index (χ1) is 15.9. The van der Waals surface area contributed by atoms with Crippen LogP contribution in [-0.4, -0.2) is 47.0 Å². The van der Waals surface area contributed by atoms with Gasteiger partial charge in [-0.05, 0) is 31.5 Å². The van der Waals surface area contributed by atoms with Crippen LogP contribution in [0.2, 0.25) is 0 Å². The van der Waals surface area contributed by atoms with E-state index in [2.05, 4.69) is 26.8 Å². The number of aryl methyl sites for hydroxylation is 1. The molecule has 1 aromatic carbocycles. The molecule has 2 aromatic heterocycles. The number of amides is 1. The topological polar surface area (TPSA) is 108 Å². The van der Waals surface area contributed by atoms with E-state index in [0.717, 1.165) is 34.0 Å². The highest BCUT2D eigenvalue weighted by Crippen LogP contribution is 2.36. The van der Waals surface area contributed by atoms with Crippen LogP contribution in [0, 0.1) is 18.3 Å². The lowest BCUT2D eigenvalue weighted by Crippen LogP contribution is -2.52. The monoisotopic (exact) mass is 445 g/mol. The molecule has 33 heavy (non-hydrogen) atoms. The predicted octanol–water partition coefficient (Wildman–Crippen LogP) is 2.91. The van der Waals surface area contributed by atoms with Crippen LogP contribution in [0.4, 0.5) is 17.2 Å². The number of ether oxygens (including phenoxy) is 1. The van der Waals surface area contributed by atoms with E-state index in [1.54, 1.807) is 7.11 Å². The molecule has 9 nitrogen and oxygen atoms in total. The normalized spacial score (nSPS) is 16.0. The molecule has 9 heteroatoms. The molecule has 1 amide bonds. The van der Waals surface area contributed by atoms with Gasteiger partial charge in [-0.1, -0.05) is 12.1 Å². The summed E-state index contributed by atoms with van der Waals surface area (Å²) in [4.78, 5) is 19.1. The molecular weight excluding hydrogens is 418 g/mol. The van der Waals surface area contributed by atoms with Gasteiger partial charge in [-0.2, -0.15) is 10.4 Å². The van der Waals surface area contributed by atoms with E-state index in [4.69, 9.17) is 10.00 Å². The summed E-state index contributed by atoms with van der Waals surface area (Å²) in [6.07, 6.45) is 3.55. The minimum atomic E-state index is -0.419. The van der Waals surface area contributed by atoms with Crippen molar-refractivity contribution in [1.82, 2.24) is 14.8 Å². The molecule has 1 aliphatic rings. The number of nitrogens with zero attached hydrogens (tertiary/aromatic N) is 5. The Hall–Kier alpha value is -3.90. The number of rotatable bonds is 7. The molecule has 1 aliphatic heterocycles. The van der Waals surface area contributed by atoms with Gasteiger partial charge in [0.15, 0.2) is 0 Å². The van der Waals surface area contributed by atoms with Crippen molar-refractivity contribution in [1.29, 1.82) is 5.26 Å². The van der Waals surface area contributed by atoms with E-state index in [1.807, 2.05) is 73.2 Å². The zero-order valence-electron chi connectivity index (χ0n) is 19.2. The lowest BCUT2D eigenvalue weighted by Gasteiger charge is -2.38. The van der Waals surface area contributed by atoms with Crippen molar-refractivity contribution in [3.05, 3.63) is 65.1 Å². The Labute approximate surface area is 193 Å². The Bertz CT molecular complexity index is 1200. The van der Waals surface area contributed by atoms with Gasteiger partial charge in [0, 0.05) is 38.5 Å². The van der Waals surface area contributed by atoms with Crippen molar-refractivity contribution in [2.45, 2.75) is 39.1 Å². The number of fused-ring (bicyclic) bond motifs is 1. The lowest BCUT2D eigenvalue weighted by molar-refractivity contribution is -0.120. The van der Waals surface area contributed by atoms with E-state index < -0.39 is 6.04 Å². The fraction of sp³-hybridized carbons (Fsp3) is 0.333. The number of benzene rings is 1. The van der Waals surface area contributed by atoms with E-state index in [1.165, 1.54) is 0 Å². The molecule has 0 saturated heterocycles. The van der Waals surface area contributed by atoms with Crippen LogP contribution in [-0.2, 0) is 22.6 Å². The average Bonchev–Trinajstić information content (AvgIpc) is 3.26. The molecule has 0 spiro atoms. The van der Waals surface area contributed by atoms with Gasteiger partial charge in [0.2, 0.25) is 5.91 Å². The fourth-order valence-corrected chi connectivity index (χ4v) is 4.01. The minimum Gasteiger partial charge on any atom is -0.379 e. The van der Waals surface area contributed by atoms with Gasteiger partial charge >= 0.3 is 0 Å². The molecule has 0 bridgehead atoms. The number of nitrogens with one attached hydrogen (secondary N) is 2. The zero-order chi connectivity index (χ0) is 23.5. The quantitative estimate of drug-likeness (QED) is 0.576. The first kappa shape index (κ1) is 22.3. The maximum atomic E-state index is 12.6. The van der Waals surface area contributed by atoms with Crippen molar-refractivity contribution in [3.63, 3.8) is 0 Å². The third-order valence-electron chi connectivity index (χ3n) is 5.90. The third kappa shape index (κ3) is 4.66. The van der Waals surface area contributed by atoms with Gasteiger partial charge in [0.05, 0.1) is 47.5 Å².